The van der Waals surface area contributed by atoms with Crippen LogP contribution >= 0.6 is 15.9 Å². The zero-order valence-corrected chi connectivity index (χ0v) is 20.6. The Morgan fingerprint density at radius 1 is 1.16 bits per heavy atom. The second-order valence-electron chi connectivity index (χ2n) is 7.36. The van der Waals surface area contributed by atoms with E-state index in [2.05, 4.69) is 21.2 Å². The van der Waals surface area contributed by atoms with Crippen LogP contribution in [0.5, 0.6) is 0 Å². The molecule has 32 heavy (non-hydrogen) atoms. The van der Waals surface area contributed by atoms with Crippen molar-refractivity contribution < 1.29 is 22.4 Å². The van der Waals surface area contributed by atoms with Gasteiger partial charge in [-0.05, 0) is 49.2 Å². The van der Waals surface area contributed by atoms with Crippen molar-refractivity contribution in [1.29, 1.82) is 0 Å². The van der Waals surface area contributed by atoms with Crippen molar-refractivity contribution in [3.63, 3.8) is 0 Å². The van der Waals surface area contributed by atoms with Crippen LogP contribution in [0.4, 0.5) is 10.1 Å². The molecule has 0 unspecified atom stereocenters. The standard InChI is InChI=1S/C22H27BrFN3O4S/c1-4-12-25-22(29)16(2)26(14-17-8-10-18(23)11-9-17)21(28)15-27(32(3,30)31)20-7-5-6-19(24)13-20/h5-11,13,16H,4,12,14-15H2,1-3H3,(H,25,29)/t16-/m1/s1. The zero-order chi connectivity index (χ0) is 23.9. The highest BCUT2D eigenvalue weighted by Gasteiger charge is 2.30. The van der Waals surface area contributed by atoms with E-state index in [1.807, 2.05) is 31.2 Å². The molecule has 0 radical (unpaired) electrons. The van der Waals surface area contributed by atoms with E-state index in [1.165, 1.54) is 23.1 Å². The molecule has 2 aromatic carbocycles. The summed E-state index contributed by atoms with van der Waals surface area (Å²) in [6.45, 7) is 3.51. The molecule has 1 N–H and O–H groups in total. The normalized spacial score (nSPS) is 12.2. The molecule has 0 aliphatic heterocycles. The molecule has 1 atom stereocenters. The average molecular weight is 528 g/mol. The van der Waals surface area contributed by atoms with E-state index in [1.54, 1.807) is 6.92 Å². The van der Waals surface area contributed by atoms with Gasteiger partial charge in [0.2, 0.25) is 21.8 Å². The van der Waals surface area contributed by atoms with Gasteiger partial charge in [0, 0.05) is 17.6 Å². The summed E-state index contributed by atoms with van der Waals surface area (Å²) < 4.78 is 40.2. The van der Waals surface area contributed by atoms with E-state index in [4.69, 9.17) is 0 Å². The van der Waals surface area contributed by atoms with Gasteiger partial charge in [0.1, 0.15) is 18.4 Å². The van der Waals surface area contributed by atoms with Crippen molar-refractivity contribution in [2.45, 2.75) is 32.9 Å². The molecule has 2 amide bonds. The van der Waals surface area contributed by atoms with Crippen LogP contribution in [0.25, 0.3) is 0 Å². The molecular weight excluding hydrogens is 501 g/mol. The lowest BCUT2D eigenvalue weighted by Crippen LogP contribution is -2.51. The Bertz CT molecular complexity index is 1050. The SMILES string of the molecule is CCCNC(=O)[C@@H](C)N(Cc1ccc(Br)cc1)C(=O)CN(c1cccc(F)c1)S(C)(=O)=O. The number of amides is 2. The first-order chi connectivity index (χ1) is 15.0. The summed E-state index contributed by atoms with van der Waals surface area (Å²) in [4.78, 5) is 27.2. The van der Waals surface area contributed by atoms with Gasteiger partial charge in [-0.3, -0.25) is 13.9 Å². The van der Waals surface area contributed by atoms with E-state index < -0.39 is 34.3 Å². The van der Waals surface area contributed by atoms with Crippen LogP contribution < -0.4 is 9.62 Å². The topological polar surface area (TPSA) is 86.8 Å². The second kappa shape index (κ2) is 11.4. The summed E-state index contributed by atoms with van der Waals surface area (Å²) in [7, 11) is -3.89. The fourth-order valence-corrected chi connectivity index (χ4v) is 4.12. The molecule has 0 aliphatic carbocycles. The summed E-state index contributed by atoms with van der Waals surface area (Å²) in [5.41, 5.74) is 0.806. The van der Waals surface area contributed by atoms with E-state index >= 15 is 0 Å². The number of anilines is 1. The summed E-state index contributed by atoms with van der Waals surface area (Å²) in [6, 6.07) is 11.4. The highest BCUT2D eigenvalue weighted by atomic mass is 79.9. The van der Waals surface area contributed by atoms with Gasteiger partial charge >= 0.3 is 0 Å². The highest BCUT2D eigenvalue weighted by molar-refractivity contribution is 9.10. The maximum absolute atomic E-state index is 13.7. The summed E-state index contributed by atoms with van der Waals surface area (Å²) in [5.74, 6) is -1.54. The highest BCUT2D eigenvalue weighted by Crippen LogP contribution is 2.20. The molecule has 2 rings (SSSR count). The molecule has 174 valence electrons. The Balaban J connectivity index is 2.35. The third kappa shape index (κ3) is 7.30. The molecule has 10 heteroatoms. The summed E-state index contributed by atoms with van der Waals surface area (Å²) >= 11 is 3.36. The molecule has 0 aromatic heterocycles. The monoisotopic (exact) mass is 527 g/mol. The predicted molar refractivity (Wildman–Crippen MR) is 126 cm³/mol. The maximum atomic E-state index is 13.7. The minimum atomic E-state index is -3.89. The molecule has 0 saturated carbocycles. The number of hydrogen-bond acceptors (Lipinski definition) is 4. The number of carbonyl (C=O) groups is 2. The maximum Gasteiger partial charge on any atom is 0.244 e. The number of hydrogen-bond donors (Lipinski definition) is 1. The van der Waals surface area contributed by atoms with Crippen molar-refractivity contribution in [1.82, 2.24) is 10.2 Å². The van der Waals surface area contributed by atoms with Crippen LogP contribution in [0.2, 0.25) is 0 Å². The number of benzene rings is 2. The first-order valence-electron chi connectivity index (χ1n) is 10.1. The first kappa shape index (κ1) is 25.8. The van der Waals surface area contributed by atoms with E-state index in [0.29, 0.717) is 6.54 Å². The zero-order valence-electron chi connectivity index (χ0n) is 18.2. The number of rotatable bonds is 10. The van der Waals surface area contributed by atoms with Gasteiger partial charge in [-0.25, -0.2) is 12.8 Å². The van der Waals surface area contributed by atoms with Crippen LogP contribution in [-0.2, 0) is 26.2 Å². The summed E-state index contributed by atoms with van der Waals surface area (Å²) in [5, 5.41) is 2.76. The minimum Gasteiger partial charge on any atom is -0.354 e. The van der Waals surface area contributed by atoms with E-state index in [-0.39, 0.29) is 18.1 Å². The van der Waals surface area contributed by atoms with Crippen LogP contribution in [0.1, 0.15) is 25.8 Å². The number of nitrogens with zero attached hydrogens (tertiary/aromatic N) is 2. The smallest absolute Gasteiger partial charge is 0.244 e. The van der Waals surface area contributed by atoms with Gasteiger partial charge in [-0.1, -0.05) is 41.1 Å². The molecule has 0 spiro atoms. The van der Waals surface area contributed by atoms with E-state index in [0.717, 1.165) is 33.1 Å². The number of nitrogens with one attached hydrogen (secondary N) is 1. The lowest BCUT2D eigenvalue weighted by Gasteiger charge is -2.31. The Kier molecular flexibility index (Phi) is 9.21. The van der Waals surface area contributed by atoms with E-state index in [9.17, 15) is 22.4 Å². The fraction of sp³-hybridized carbons (Fsp3) is 0.364. The minimum absolute atomic E-state index is 0.0347. The van der Waals surface area contributed by atoms with Gasteiger partial charge in [-0.15, -0.1) is 0 Å². The largest absolute Gasteiger partial charge is 0.354 e. The second-order valence-corrected chi connectivity index (χ2v) is 10.2. The van der Waals surface area contributed by atoms with Crippen LogP contribution in [-0.4, -0.2) is 50.5 Å². The molecule has 0 bridgehead atoms. The van der Waals surface area contributed by atoms with Crippen molar-refractivity contribution in [3.05, 3.63) is 64.4 Å². The number of halogens is 2. The molecule has 7 nitrogen and oxygen atoms in total. The lowest BCUT2D eigenvalue weighted by atomic mass is 10.1. The lowest BCUT2D eigenvalue weighted by molar-refractivity contribution is -0.139. The van der Waals surface area contributed by atoms with Gasteiger partial charge in [-0.2, -0.15) is 0 Å². The fourth-order valence-electron chi connectivity index (χ4n) is 3.01. The molecule has 0 aliphatic rings. The predicted octanol–water partition coefficient (Wildman–Crippen LogP) is 3.30. The van der Waals surface area contributed by atoms with Crippen LogP contribution in [0.3, 0.4) is 0 Å². The molecule has 0 heterocycles. The third-order valence-corrected chi connectivity index (χ3v) is 6.43. The van der Waals surface area contributed by atoms with Crippen molar-refractivity contribution in [2.24, 2.45) is 0 Å². The Hall–Kier alpha value is -2.46. The Labute approximate surface area is 196 Å². The first-order valence-corrected chi connectivity index (χ1v) is 12.7. The molecule has 2 aromatic rings. The van der Waals surface area contributed by atoms with Crippen molar-refractivity contribution in [2.75, 3.05) is 23.7 Å². The van der Waals surface area contributed by atoms with Crippen molar-refractivity contribution >= 4 is 43.5 Å². The average Bonchev–Trinajstić information content (AvgIpc) is 2.73. The van der Waals surface area contributed by atoms with Gasteiger partial charge in [0.05, 0.1) is 11.9 Å². The molecular formula is C22H27BrFN3O4S. The molecule has 0 saturated heterocycles. The van der Waals surface area contributed by atoms with Crippen LogP contribution in [0.15, 0.2) is 53.0 Å². The van der Waals surface area contributed by atoms with Gasteiger partial charge in [0.25, 0.3) is 0 Å². The summed E-state index contributed by atoms with van der Waals surface area (Å²) in [6.07, 6.45) is 1.68. The quantitative estimate of drug-likeness (QED) is 0.513. The third-order valence-electron chi connectivity index (χ3n) is 4.76. The number of carbonyl (C=O) groups excluding carboxylic acids is 2. The van der Waals surface area contributed by atoms with Gasteiger partial charge in [0.15, 0.2) is 0 Å². The van der Waals surface area contributed by atoms with Crippen molar-refractivity contribution in [3.8, 4) is 0 Å². The van der Waals surface area contributed by atoms with Crippen LogP contribution in [0, 0.1) is 5.82 Å². The molecule has 0 fully saturated rings. The Morgan fingerprint density at radius 2 is 1.81 bits per heavy atom. The number of sulfonamides is 1. The van der Waals surface area contributed by atoms with Gasteiger partial charge < -0.3 is 10.2 Å². The Morgan fingerprint density at radius 3 is 2.38 bits per heavy atom.